The third-order valence-corrected chi connectivity index (χ3v) is 4.20. The Balaban J connectivity index is 0. The quantitative estimate of drug-likeness (QED) is 0.555. The summed E-state index contributed by atoms with van der Waals surface area (Å²) < 4.78 is 2.03. The predicted octanol–water partition coefficient (Wildman–Crippen LogP) is 3.28. The lowest BCUT2D eigenvalue weighted by atomic mass is 10.3. The van der Waals surface area contributed by atoms with Gasteiger partial charge in [-0.1, -0.05) is 50.1 Å². The van der Waals surface area contributed by atoms with Crippen LogP contribution in [0.2, 0.25) is 9.56 Å². The first-order chi connectivity index (χ1) is 4.20. The highest BCUT2D eigenvalue weighted by Crippen LogP contribution is 2.16. The van der Waals surface area contributed by atoms with Gasteiger partial charge in [0.1, 0.15) is 0 Å². The SMILES string of the molecule is CC[CH](C)[Al][CH](C)CC.F. The molecule has 0 amide bonds. The van der Waals surface area contributed by atoms with Gasteiger partial charge in [0.05, 0.1) is 0 Å². The van der Waals surface area contributed by atoms with Gasteiger partial charge in [0.2, 0.25) is 15.2 Å². The molecule has 0 aromatic heterocycles. The second-order valence-electron chi connectivity index (χ2n) is 2.96. The molecule has 0 aliphatic rings. The predicted molar refractivity (Wildman–Crippen MR) is 47.7 cm³/mol. The molecule has 2 heteroatoms. The van der Waals surface area contributed by atoms with E-state index in [0.717, 1.165) is 24.8 Å². The lowest BCUT2D eigenvalue weighted by molar-refractivity contribution is 0.803. The van der Waals surface area contributed by atoms with Crippen molar-refractivity contribution in [3.63, 3.8) is 0 Å². The molecule has 10 heavy (non-hydrogen) atoms. The van der Waals surface area contributed by atoms with Gasteiger partial charge in [0, 0.05) is 0 Å². The van der Waals surface area contributed by atoms with Gasteiger partial charge < -0.3 is 0 Å². The molecule has 0 spiro atoms. The van der Waals surface area contributed by atoms with E-state index in [1.165, 1.54) is 12.8 Å². The summed E-state index contributed by atoms with van der Waals surface area (Å²) in [6.07, 6.45) is 2.75. The Morgan fingerprint density at radius 2 is 1.30 bits per heavy atom. The Morgan fingerprint density at radius 1 is 1.00 bits per heavy atom. The smallest absolute Gasteiger partial charge is 0.209 e. The van der Waals surface area contributed by atoms with Crippen LogP contribution in [-0.4, -0.2) is 15.2 Å². The Bertz CT molecular complexity index is 58.3. The first-order valence-corrected chi connectivity index (χ1v) is 5.39. The molecule has 0 rings (SSSR count). The maximum Gasteiger partial charge on any atom is 0.209 e. The van der Waals surface area contributed by atoms with Crippen molar-refractivity contribution < 1.29 is 4.70 Å². The number of rotatable bonds is 4. The molecule has 0 bridgehead atoms. The van der Waals surface area contributed by atoms with E-state index in [4.69, 9.17) is 0 Å². The van der Waals surface area contributed by atoms with Gasteiger partial charge in [-0.2, -0.15) is 0 Å². The van der Waals surface area contributed by atoms with Crippen molar-refractivity contribution in [2.24, 2.45) is 0 Å². The van der Waals surface area contributed by atoms with Gasteiger partial charge in [0.25, 0.3) is 0 Å². The van der Waals surface area contributed by atoms with Crippen LogP contribution in [0.3, 0.4) is 0 Å². The molecule has 0 aromatic rings. The van der Waals surface area contributed by atoms with Crippen LogP contribution in [0.5, 0.6) is 0 Å². The Labute approximate surface area is 70.5 Å². The van der Waals surface area contributed by atoms with Crippen LogP contribution in [0.4, 0.5) is 4.70 Å². The van der Waals surface area contributed by atoms with E-state index in [1.807, 2.05) is 0 Å². The van der Waals surface area contributed by atoms with E-state index in [9.17, 15) is 0 Å². The first kappa shape index (κ1) is 13.1. The van der Waals surface area contributed by atoms with E-state index in [-0.39, 0.29) is 4.70 Å². The van der Waals surface area contributed by atoms with E-state index in [1.54, 1.807) is 0 Å². The second-order valence-corrected chi connectivity index (χ2v) is 5.62. The van der Waals surface area contributed by atoms with Crippen molar-refractivity contribution in [2.75, 3.05) is 0 Å². The average molecular weight is 161 g/mol. The molecule has 1 radical (unpaired) electrons. The largest absolute Gasteiger partial charge is 0.269 e. The van der Waals surface area contributed by atoms with Gasteiger partial charge in [0.15, 0.2) is 0 Å². The molecule has 0 heterocycles. The zero-order valence-electron chi connectivity index (χ0n) is 7.55. The van der Waals surface area contributed by atoms with Crippen LogP contribution in [-0.2, 0) is 0 Å². The standard InChI is InChI=1S/2C4H9.Al.FH/c2*1-3-4-2;;/h2*3H,4H2,1-2H3;;1H. The van der Waals surface area contributed by atoms with Crippen molar-refractivity contribution in [1.29, 1.82) is 0 Å². The molecular weight excluding hydrogens is 142 g/mol. The third-order valence-electron chi connectivity index (χ3n) is 1.94. The van der Waals surface area contributed by atoms with Gasteiger partial charge >= 0.3 is 0 Å². The summed E-state index contributed by atoms with van der Waals surface area (Å²) in [4.78, 5) is 0. The van der Waals surface area contributed by atoms with Crippen molar-refractivity contribution in [2.45, 2.75) is 50.1 Å². The van der Waals surface area contributed by atoms with E-state index >= 15 is 0 Å². The van der Waals surface area contributed by atoms with Crippen LogP contribution in [0, 0.1) is 0 Å². The van der Waals surface area contributed by atoms with Crippen molar-refractivity contribution in [3.8, 4) is 0 Å². The molecule has 0 aliphatic carbocycles. The molecule has 0 nitrogen and oxygen atoms in total. The Hall–Kier alpha value is 0.462. The Morgan fingerprint density at radius 3 is 1.50 bits per heavy atom. The summed E-state index contributed by atoms with van der Waals surface area (Å²) >= 11 is 0.720. The minimum atomic E-state index is 0. The van der Waals surface area contributed by atoms with E-state index in [2.05, 4.69) is 27.7 Å². The zero-order chi connectivity index (χ0) is 7.28. The van der Waals surface area contributed by atoms with Crippen LogP contribution in [0.15, 0.2) is 0 Å². The summed E-state index contributed by atoms with van der Waals surface area (Å²) in [6.45, 7) is 9.34. The highest BCUT2D eigenvalue weighted by atomic mass is 27.1. The molecule has 0 saturated carbocycles. The highest BCUT2D eigenvalue weighted by Gasteiger charge is 2.06. The molecule has 2 atom stereocenters. The second kappa shape index (κ2) is 7.57. The van der Waals surface area contributed by atoms with E-state index < -0.39 is 0 Å². The summed E-state index contributed by atoms with van der Waals surface area (Å²) in [5, 5.41) is 0. The monoisotopic (exact) mass is 161 g/mol. The topological polar surface area (TPSA) is 0 Å². The molecule has 0 N–H and O–H groups in total. The zero-order valence-corrected chi connectivity index (χ0v) is 8.71. The number of hydrogen-bond donors (Lipinski definition) is 0. The highest BCUT2D eigenvalue weighted by molar-refractivity contribution is 6.39. The van der Waals surface area contributed by atoms with Crippen molar-refractivity contribution in [1.82, 2.24) is 0 Å². The maximum absolute atomic E-state index is 2.38. The average Bonchev–Trinajstić information content (AvgIpc) is 1.87. The molecule has 0 fully saturated rings. The van der Waals surface area contributed by atoms with Crippen molar-refractivity contribution >= 4 is 15.2 Å². The van der Waals surface area contributed by atoms with Gasteiger partial charge in [-0.05, 0) is 0 Å². The molecule has 0 saturated heterocycles. The fourth-order valence-corrected chi connectivity index (χ4v) is 2.50. The lowest BCUT2D eigenvalue weighted by Gasteiger charge is -2.10. The molecule has 2 unspecified atom stereocenters. The number of halogens is 1. The summed E-state index contributed by atoms with van der Waals surface area (Å²) in [6, 6.07) is 0. The van der Waals surface area contributed by atoms with Gasteiger partial charge in [-0.15, -0.1) is 0 Å². The van der Waals surface area contributed by atoms with Crippen LogP contribution in [0.25, 0.3) is 0 Å². The van der Waals surface area contributed by atoms with Crippen molar-refractivity contribution in [3.05, 3.63) is 0 Å². The first-order valence-electron chi connectivity index (χ1n) is 4.05. The normalized spacial score (nSPS) is 15.2. The fraction of sp³-hybridized carbons (Fsp3) is 1.00. The van der Waals surface area contributed by atoms with Crippen LogP contribution < -0.4 is 0 Å². The van der Waals surface area contributed by atoms with E-state index in [0.29, 0.717) is 0 Å². The summed E-state index contributed by atoms with van der Waals surface area (Å²) in [5.74, 6) is 0. The number of hydrogen-bond acceptors (Lipinski definition) is 0. The minimum absolute atomic E-state index is 0. The van der Waals surface area contributed by atoms with Gasteiger partial charge in [-0.25, -0.2) is 0 Å². The summed E-state index contributed by atoms with van der Waals surface area (Å²) in [7, 11) is 0. The minimum Gasteiger partial charge on any atom is -0.269 e. The van der Waals surface area contributed by atoms with Crippen LogP contribution in [0.1, 0.15) is 40.5 Å². The summed E-state index contributed by atoms with van der Waals surface area (Å²) in [5.41, 5.74) is 0. The lowest BCUT2D eigenvalue weighted by Crippen LogP contribution is -2.03. The Kier molecular flexibility index (Phi) is 9.90. The van der Waals surface area contributed by atoms with Crippen LogP contribution >= 0.6 is 0 Å². The molecule has 0 aromatic carbocycles. The maximum atomic E-state index is 2.38. The molecular formula is C8H19AlF. The molecule has 61 valence electrons. The fourth-order valence-electron chi connectivity index (χ4n) is 0.833. The third kappa shape index (κ3) is 6.58. The van der Waals surface area contributed by atoms with Gasteiger partial charge in [-0.3, -0.25) is 4.70 Å². The molecule has 0 aliphatic heterocycles.